The summed E-state index contributed by atoms with van der Waals surface area (Å²) in [5.41, 5.74) is 0. The summed E-state index contributed by atoms with van der Waals surface area (Å²) < 4.78 is 12.9. The quantitative estimate of drug-likeness (QED) is 0.753. The van der Waals surface area contributed by atoms with Crippen LogP contribution in [0.2, 0.25) is 0 Å². The van der Waals surface area contributed by atoms with Gasteiger partial charge in [0.1, 0.15) is 0 Å². The number of hydrogen-bond acceptors (Lipinski definition) is 4. The van der Waals surface area contributed by atoms with Gasteiger partial charge < -0.3 is 0 Å². The first-order chi connectivity index (χ1) is 4.83. The Morgan fingerprint density at radius 3 is 0.909 bits per heavy atom. The molecule has 0 rings (SSSR count). The summed E-state index contributed by atoms with van der Waals surface area (Å²) in [6, 6.07) is 0. The molecule has 0 heterocycles. The maximum absolute atomic E-state index is 6.32. The van der Waals surface area contributed by atoms with Crippen LogP contribution in [0.3, 0.4) is 0 Å². The Morgan fingerprint density at radius 1 is 0.727 bits per heavy atom. The fourth-order valence-corrected chi connectivity index (χ4v) is 8.79. The second-order valence-corrected chi connectivity index (χ2v) is 16.2. The van der Waals surface area contributed by atoms with Crippen LogP contribution in [-0.4, -0.2) is 52.2 Å². The molecule has 0 radical (unpaired) electrons. The van der Waals surface area contributed by atoms with Crippen LogP contribution in [0.15, 0.2) is 0 Å². The van der Waals surface area contributed by atoms with Crippen molar-refractivity contribution in [1.82, 2.24) is 9.91 Å². The SMILES string of the molecule is C[N](C)[Ta]([NH2])([N](C)C)[N](C)C. The summed E-state index contributed by atoms with van der Waals surface area (Å²) in [6.07, 6.45) is 0. The van der Waals surface area contributed by atoms with Gasteiger partial charge in [0.2, 0.25) is 0 Å². The molecule has 5 heteroatoms. The molecule has 0 spiro atoms. The van der Waals surface area contributed by atoms with Crippen molar-refractivity contribution >= 4 is 0 Å². The van der Waals surface area contributed by atoms with Crippen LogP contribution in [0, 0.1) is 0 Å². The minimum atomic E-state index is -2.80. The van der Waals surface area contributed by atoms with Gasteiger partial charge in [-0.25, -0.2) is 0 Å². The van der Waals surface area contributed by atoms with Crippen LogP contribution in [0.25, 0.3) is 0 Å². The average molecular weight is 329 g/mol. The summed E-state index contributed by atoms with van der Waals surface area (Å²) in [5, 5.41) is 0. The van der Waals surface area contributed by atoms with Crippen molar-refractivity contribution in [2.24, 2.45) is 4.14 Å². The summed E-state index contributed by atoms with van der Waals surface area (Å²) >= 11 is -2.80. The molecule has 0 atom stereocenters. The molecule has 0 aromatic carbocycles. The summed E-state index contributed by atoms with van der Waals surface area (Å²) in [6.45, 7) is 0. The van der Waals surface area contributed by atoms with Crippen LogP contribution in [0.5, 0.6) is 0 Å². The van der Waals surface area contributed by atoms with Crippen LogP contribution in [-0.2, 0) is 18.2 Å². The van der Waals surface area contributed by atoms with Crippen LogP contribution < -0.4 is 4.14 Å². The van der Waals surface area contributed by atoms with Crippen molar-refractivity contribution in [3.63, 3.8) is 0 Å². The van der Waals surface area contributed by atoms with Crippen molar-refractivity contribution in [1.29, 1.82) is 0 Å². The molecule has 0 aromatic heterocycles. The van der Waals surface area contributed by atoms with Crippen molar-refractivity contribution in [3.8, 4) is 0 Å². The predicted octanol–water partition coefficient (Wildman–Crippen LogP) is -0.556. The molecule has 69 valence electrons. The fourth-order valence-electron chi connectivity index (χ4n) is 1.07. The van der Waals surface area contributed by atoms with Gasteiger partial charge in [0.15, 0.2) is 0 Å². The van der Waals surface area contributed by atoms with E-state index in [0.717, 1.165) is 0 Å². The van der Waals surface area contributed by atoms with Gasteiger partial charge in [-0.3, -0.25) is 0 Å². The molecule has 0 bridgehead atoms. The number of nitrogens with zero attached hydrogens (tertiary/aromatic N) is 3. The average Bonchev–Trinajstić information content (AvgIpc) is 1.84. The van der Waals surface area contributed by atoms with Gasteiger partial charge in [0, 0.05) is 0 Å². The molecule has 0 saturated heterocycles. The van der Waals surface area contributed by atoms with Gasteiger partial charge in [0.25, 0.3) is 0 Å². The standard InChI is InChI=1S/3C2H6N.H2N.Ta/c3*1-3-2;;/h3*1-2H3;1H2;/q4*-1;+4. The molecule has 0 unspecified atom stereocenters. The monoisotopic (exact) mass is 329 g/mol. The third-order valence-corrected chi connectivity index (χ3v) is 14.5. The molecule has 0 amide bonds. The Morgan fingerprint density at radius 2 is 0.909 bits per heavy atom. The number of nitrogens with two attached hydrogens (primary N) is 1. The fraction of sp³-hybridized carbons (Fsp3) is 1.00. The van der Waals surface area contributed by atoms with Crippen LogP contribution >= 0.6 is 0 Å². The molecule has 0 saturated carbocycles. The third-order valence-electron chi connectivity index (χ3n) is 1.77. The van der Waals surface area contributed by atoms with Gasteiger partial charge in [-0.15, -0.1) is 0 Å². The predicted molar refractivity (Wildman–Crippen MR) is 45.2 cm³/mol. The Labute approximate surface area is 74.7 Å². The topological polar surface area (TPSA) is 35.7 Å². The number of hydrogen-bond donors (Lipinski definition) is 1. The van der Waals surface area contributed by atoms with E-state index in [4.69, 9.17) is 4.14 Å². The molecule has 4 nitrogen and oxygen atoms in total. The van der Waals surface area contributed by atoms with Crippen molar-refractivity contribution in [2.45, 2.75) is 0 Å². The van der Waals surface area contributed by atoms with E-state index < -0.39 is 18.2 Å². The van der Waals surface area contributed by atoms with E-state index in [0.29, 0.717) is 0 Å². The zero-order valence-corrected chi connectivity index (χ0v) is 11.6. The van der Waals surface area contributed by atoms with Gasteiger partial charge in [-0.05, 0) is 0 Å². The van der Waals surface area contributed by atoms with Crippen molar-refractivity contribution in [2.75, 3.05) is 42.3 Å². The van der Waals surface area contributed by atoms with Crippen LogP contribution in [0.1, 0.15) is 0 Å². The zero-order valence-electron chi connectivity index (χ0n) is 8.37. The summed E-state index contributed by atoms with van der Waals surface area (Å²) in [4.78, 5) is 0. The second kappa shape index (κ2) is 4.00. The molecule has 0 aromatic rings. The van der Waals surface area contributed by atoms with E-state index in [1.165, 1.54) is 0 Å². The van der Waals surface area contributed by atoms with Crippen molar-refractivity contribution in [3.05, 3.63) is 0 Å². The molecular weight excluding hydrogens is 309 g/mol. The Hall–Kier alpha value is 0.580. The van der Waals surface area contributed by atoms with Gasteiger partial charge >= 0.3 is 74.5 Å². The Kier molecular flexibility index (Phi) is 4.21. The van der Waals surface area contributed by atoms with Crippen molar-refractivity contribution < 1.29 is 18.2 Å². The first-order valence-corrected chi connectivity index (χ1v) is 9.71. The van der Waals surface area contributed by atoms with E-state index in [1.54, 1.807) is 0 Å². The van der Waals surface area contributed by atoms with Gasteiger partial charge in [-0.1, -0.05) is 0 Å². The Bertz CT molecular complexity index is 102. The second-order valence-electron chi connectivity index (χ2n) is 3.16. The van der Waals surface area contributed by atoms with Crippen LogP contribution in [0.4, 0.5) is 0 Å². The van der Waals surface area contributed by atoms with E-state index in [-0.39, 0.29) is 0 Å². The van der Waals surface area contributed by atoms with E-state index in [2.05, 4.69) is 52.2 Å². The molecular formula is C6H20N4Ta. The number of rotatable bonds is 3. The van der Waals surface area contributed by atoms with E-state index >= 15 is 0 Å². The van der Waals surface area contributed by atoms with Gasteiger partial charge in [0.05, 0.1) is 0 Å². The van der Waals surface area contributed by atoms with Gasteiger partial charge in [-0.2, -0.15) is 0 Å². The molecule has 0 aliphatic heterocycles. The first kappa shape index (κ1) is 11.6. The minimum absolute atomic E-state index is 2.05. The molecule has 2 N–H and O–H groups in total. The Balaban J connectivity index is 4.53. The molecule has 0 aliphatic rings. The van der Waals surface area contributed by atoms with E-state index in [1.807, 2.05) is 0 Å². The summed E-state index contributed by atoms with van der Waals surface area (Å²) in [5.74, 6) is 0. The normalized spacial score (nSPS) is 13.6. The molecule has 11 heavy (non-hydrogen) atoms. The maximum atomic E-state index is 6.32. The van der Waals surface area contributed by atoms with E-state index in [9.17, 15) is 0 Å². The zero-order chi connectivity index (χ0) is 9.23. The third kappa shape index (κ3) is 2.26. The molecule has 0 fully saturated rings. The molecule has 0 aliphatic carbocycles. The first-order valence-electron chi connectivity index (χ1n) is 3.54. The summed E-state index contributed by atoms with van der Waals surface area (Å²) in [7, 11) is 12.3.